The second-order valence-corrected chi connectivity index (χ2v) is 13.8. The molecule has 0 heterocycles. The molecule has 122 valence electrons. The number of fused-ring (bicyclic) bond motifs is 1. The Balaban J connectivity index is 1.97. The van der Waals surface area contributed by atoms with Crippen LogP contribution in [0.2, 0.25) is 19.6 Å². The second-order valence-electron chi connectivity index (χ2n) is 7.28. The Morgan fingerprint density at radius 2 is 1.50 bits per heavy atom. The maximum Gasteiger partial charge on any atom is 0.0862 e. The van der Waals surface area contributed by atoms with Crippen LogP contribution in [0.25, 0.3) is 16.8 Å². The Bertz CT molecular complexity index is 870. The van der Waals surface area contributed by atoms with Crippen molar-refractivity contribution < 1.29 is 0 Å². The first-order valence-electron chi connectivity index (χ1n) is 8.37. The van der Waals surface area contributed by atoms with E-state index in [-0.39, 0.29) is 0 Å². The number of thioether (sulfide) groups is 1. The van der Waals surface area contributed by atoms with E-state index in [1.807, 2.05) is 11.8 Å². The lowest BCUT2D eigenvalue weighted by atomic mass is 10.1. The van der Waals surface area contributed by atoms with Crippen molar-refractivity contribution in [2.75, 3.05) is 0 Å². The molecule has 0 saturated carbocycles. The minimum absolute atomic E-state index is 1.30. The molecule has 24 heavy (non-hydrogen) atoms. The minimum atomic E-state index is -1.41. The van der Waals surface area contributed by atoms with Gasteiger partial charge in [-0.1, -0.05) is 85.5 Å². The summed E-state index contributed by atoms with van der Waals surface area (Å²) in [4.78, 5) is 1.33. The lowest BCUT2D eigenvalue weighted by molar-refractivity contribution is 1.38. The van der Waals surface area contributed by atoms with Crippen LogP contribution >= 0.6 is 11.8 Å². The van der Waals surface area contributed by atoms with Gasteiger partial charge in [-0.3, -0.25) is 0 Å². The van der Waals surface area contributed by atoms with E-state index in [1.54, 1.807) is 0 Å². The van der Waals surface area contributed by atoms with Gasteiger partial charge in [0.05, 0.1) is 8.07 Å². The van der Waals surface area contributed by atoms with E-state index < -0.39 is 8.07 Å². The highest BCUT2D eigenvalue weighted by Gasteiger charge is 2.20. The predicted molar refractivity (Wildman–Crippen MR) is 112 cm³/mol. The van der Waals surface area contributed by atoms with E-state index in [2.05, 4.69) is 99.4 Å². The third kappa shape index (κ3) is 4.19. The molecule has 0 aliphatic carbocycles. The quantitative estimate of drug-likeness (QED) is 0.356. The van der Waals surface area contributed by atoms with Gasteiger partial charge in [0.15, 0.2) is 0 Å². The molecule has 3 aromatic rings. The Kier molecular flexibility index (Phi) is 4.98. The molecular weight excluding hydrogens is 324 g/mol. The third-order valence-corrected chi connectivity index (χ3v) is 8.67. The Morgan fingerprint density at radius 1 is 0.833 bits per heavy atom. The molecule has 3 rings (SSSR count). The molecule has 2 heteroatoms. The van der Waals surface area contributed by atoms with Crippen LogP contribution in [0.3, 0.4) is 0 Å². The fourth-order valence-corrected chi connectivity index (χ4v) is 5.48. The Hall–Kier alpha value is -1.77. The molecular formula is C22H24SSi. The van der Waals surface area contributed by atoms with Gasteiger partial charge in [0.1, 0.15) is 0 Å². The van der Waals surface area contributed by atoms with Gasteiger partial charge >= 0.3 is 0 Å². The van der Waals surface area contributed by atoms with Crippen molar-refractivity contribution in [2.45, 2.75) is 31.5 Å². The molecule has 0 amide bonds. The first kappa shape index (κ1) is 17.1. The molecule has 0 radical (unpaired) electrons. The topological polar surface area (TPSA) is 0 Å². The molecule has 0 bridgehead atoms. The Morgan fingerprint density at radius 3 is 2.17 bits per heavy atom. The summed E-state index contributed by atoms with van der Waals surface area (Å²) in [5.74, 6) is 0. The van der Waals surface area contributed by atoms with Crippen molar-refractivity contribution in [3.05, 3.63) is 82.4 Å². The van der Waals surface area contributed by atoms with Crippen LogP contribution in [0.15, 0.2) is 76.2 Å². The smallest absolute Gasteiger partial charge is 0.0862 e. The highest BCUT2D eigenvalue weighted by molar-refractivity contribution is 8.05. The zero-order valence-electron chi connectivity index (χ0n) is 14.8. The summed E-state index contributed by atoms with van der Waals surface area (Å²) in [5.41, 5.74) is 2.61. The highest BCUT2D eigenvalue weighted by atomic mass is 32.2. The molecule has 0 atom stereocenters. The van der Waals surface area contributed by atoms with Crippen LogP contribution in [0, 0.1) is 6.92 Å². The van der Waals surface area contributed by atoms with Gasteiger partial charge in [0.2, 0.25) is 0 Å². The number of benzene rings is 3. The van der Waals surface area contributed by atoms with Gasteiger partial charge < -0.3 is 0 Å². The van der Waals surface area contributed by atoms with Crippen molar-refractivity contribution in [2.24, 2.45) is 0 Å². The van der Waals surface area contributed by atoms with Crippen molar-refractivity contribution in [3.63, 3.8) is 0 Å². The summed E-state index contributed by atoms with van der Waals surface area (Å²) in [6.45, 7) is 9.39. The summed E-state index contributed by atoms with van der Waals surface area (Å²) < 4.78 is 1.52. The molecule has 0 fully saturated rings. The highest BCUT2D eigenvalue weighted by Crippen LogP contribution is 2.35. The van der Waals surface area contributed by atoms with E-state index in [4.69, 9.17) is 0 Å². The maximum atomic E-state index is 2.42. The van der Waals surface area contributed by atoms with Crippen LogP contribution in [-0.4, -0.2) is 8.07 Å². The van der Waals surface area contributed by atoms with E-state index in [0.717, 1.165) is 0 Å². The maximum absolute atomic E-state index is 2.42. The second kappa shape index (κ2) is 7.00. The summed E-state index contributed by atoms with van der Waals surface area (Å²) in [5, 5.41) is 2.61. The fourth-order valence-electron chi connectivity index (χ4n) is 2.58. The Labute approximate surface area is 150 Å². The molecule has 0 saturated heterocycles. The van der Waals surface area contributed by atoms with Crippen molar-refractivity contribution in [1.82, 2.24) is 0 Å². The monoisotopic (exact) mass is 348 g/mol. The molecule has 0 nitrogen and oxygen atoms in total. The number of rotatable bonds is 4. The summed E-state index contributed by atoms with van der Waals surface area (Å²) in [6.07, 6.45) is 2.39. The fraction of sp³-hybridized carbons (Fsp3) is 0.182. The SMILES string of the molecule is Cc1ccc(S/C(=C\c2ccc3ccccc3c2)[Si](C)(C)C)cc1. The zero-order valence-corrected chi connectivity index (χ0v) is 16.7. The molecule has 0 aromatic heterocycles. The van der Waals surface area contributed by atoms with Gasteiger partial charge in [-0.25, -0.2) is 0 Å². The first-order chi connectivity index (χ1) is 11.4. The zero-order chi connectivity index (χ0) is 17.2. The lowest BCUT2D eigenvalue weighted by Gasteiger charge is -2.21. The van der Waals surface area contributed by atoms with Crippen LogP contribution < -0.4 is 0 Å². The largest absolute Gasteiger partial charge is 0.0991 e. The minimum Gasteiger partial charge on any atom is -0.0991 e. The average Bonchev–Trinajstić information content (AvgIpc) is 2.55. The average molecular weight is 349 g/mol. The van der Waals surface area contributed by atoms with E-state index in [1.165, 1.54) is 31.3 Å². The van der Waals surface area contributed by atoms with Crippen LogP contribution in [0.5, 0.6) is 0 Å². The van der Waals surface area contributed by atoms with Crippen LogP contribution in [0.1, 0.15) is 11.1 Å². The molecule has 0 N–H and O–H groups in total. The molecule has 0 unspecified atom stereocenters. The number of aryl methyl sites for hydroxylation is 1. The lowest BCUT2D eigenvalue weighted by Crippen LogP contribution is -2.21. The van der Waals surface area contributed by atoms with Gasteiger partial charge in [-0.2, -0.15) is 0 Å². The summed E-state index contributed by atoms with van der Waals surface area (Å²) in [7, 11) is -1.41. The summed E-state index contributed by atoms with van der Waals surface area (Å²) in [6, 6.07) is 24.2. The van der Waals surface area contributed by atoms with E-state index in [9.17, 15) is 0 Å². The predicted octanol–water partition coefficient (Wildman–Crippen LogP) is 7.16. The molecule has 0 aliphatic heterocycles. The van der Waals surface area contributed by atoms with E-state index in [0.29, 0.717) is 0 Å². The first-order valence-corrected chi connectivity index (χ1v) is 12.7. The van der Waals surface area contributed by atoms with Gasteiger partial charge in [0.25, 0.3) is 0 Å². The third-order valence-electron chi connectivity index (χ3n) is 4.06. The van der Waals surface area contributed by atoms with Gasteiger partial charge in [-0.15, -0.1) is 0 Å². The van der Waals surface area contributed by atoms with Crippen LogP contribution in [-0.2, 0) is 0 Å². The molecule has 0 aliphatic rings. The number of hydrogen-bond donors (Lipinski definition) is 0. The van der Waals surface area contributed by atoms with Gasteiger partial charge in [-0.05, 0) is 52.1 Å². The van der Waals surface area contributed by atoms with Gasteiger partial charge in [0, 0.05) is 4.90 Å². The van der Waals surface area contributed by atoms with E-state index >= 15 is 0 Å². The van der Waals surface area contributed by atoms with Crippen molar-refractivity contribution in [3.8, 4) is 0 Å². The standard InChI is InChI=1S/C22H24SSi/c1-17-9-13-21(14-10-17)23-22(24(2,3)4)16-18-11-12-19-7-5-6-8-20(19)15-18/h5-16H,1-4H3/b22-16+. The normalized spacial score (nSPS) is 12.6. The molecule has 0 spiro atoms. The van der Waals surface area contributed by atoms with Crippen molar-refractivity contribution >= 4 is 36.7 Å². The summed E-state index contributed by atoms with van der Waals surface area (Å²) >= 11 is 1.93. The van der Waals surface area contributed by atoms with Crippen molar-refractivity contribution in [1.29, 1.82) is 0 Å². The number of hydrogen-bond acceptors (Lipinski definition) is 1. The van der Waals surface area contributed by atoms with Crippen LogP contribution in [0.4, 0.5) is 0 Å². The molecule has 3 aromatic carbocycles.